The topological polar surface area (TPSA) is 42.3 Å². The third-order valence-electron chi connectivity index (χ3n) is 3.28. The number of imide groups is 1. The first-order valence-corrected chi connectivity index (χ1v) is 7.61. The molecule has 0 spiro atoms. The van der Waals surface area contributed by atoms with E-state index >= 15 is 0 Å². The molecule has 0 N–H and O–H groups in total. The van der Waals surface area contributed by atoms with Crippen LogP contribution in [0.25, 0.3) is 11.8 Å². The average Bonchev–Trinajstić information content (AvgIpc) is 3.09. The van der Waals surface area contributed by atoms with E-state index in [9.17, 15) is 9.59 Å². The van der Waals surface area contributed by atoms with Crippen LogP contribution in [-0.2, 0) is 4.79 Å². The number of hydrogen-bond acceptors (Lipinski definition) is 3. The highest BCUT2D eigenvalue weighted by Crippen LogP contribution is 2.32. The summed E-state index contributed by atoms with van der Waals surface area (Å²) in [6.07, 6.45) is 5.22. The van der Waals surface area contributed by atoms with Gasteiger partial charge in [-0.3, -0.25) is 14.5 Å². The van der Waals surface area contributed by atoms with Crippen LogP contribution < -0.4 is 0 Å². The minimum Gasteiger partial charge on any atom is -0.317 e. The van der Waals surface area contributed by atoms with Gasteiger partial charge in [0.25, 0.3) is 11.1 Å². The van der Waals surface area contributed by atoms with Crippen molar-refractivity contribution < 1.29 is 9.59 Å². The van der Waals surface area contributed by atoms with Gasteiger partial charge in [-0.1, -0.05) is 24.3 Å². The lowest BCUT2D eigenvalue weighted by atomic mass is 10.3. The number of carbonyl (C=O) groups is 2. The van der Waals surface area contributed by atoms with Gasteiger partial charge in [0.15, 0.2) is 0 Å². The lowest BCUT2D eigenvalue weighted by molar-refractivity contribution is -0.122. The maximum Gasteiger partial charge on any atom is 0.293 e. The SMILES string of the molecule is C=CCN1C(=O)S/C(=C\c2cccn2-c2ccccc2)C1=O. The fraction of sp³-hybridized carbons (Fsp3) is 0.0588. The lowest BCUT2D eigenvalue weighted by Crippen LogP contribution is -2.27. The van der Waals surface area contributed by atoms with Gasteiger partial charge in [0.05, 0.1) is 4.91 Å². The number of para-hydroxylation sites is 1. The molecule has 1 aliphatic heterocycles. The molecule has 1 saturated heterocycles. The summed E-state index contributed by atoms with van der Waals surface area (Å²) in [5.74, 6) is -0.268. The average molecular weight is 310 g/mol. The van der Waals surface area contributed by atoms with E-state index in [-0.39, 0.29) is 17.7 Å². The van der Waals surface area contributed by atoms with E-state index in [0.29, 0.717) is 4.91 Å². The molecule has 0 saturated carbocycles. The van der Waals surface area contributed by atoms with Crippen molar-refractivity contribution in [2.45, 2.75) is 0 Å². The molecule has 1 fully saturated rings. The Bertz CT molecular complexity index is 762. The van der Waals surface area contributed by atoms with Crippen molar-refractivity contribution in [1.29, 1.82) is 0 Å². The fourth-order valence-corrected chi connectivity index (χ4v) is 3.09. The number of nitrogens with zero attached hydrogens (tertiary/aromatic N) is 2. The number of benzene rings is 1. The molecule has 22 heavy (non-hydrogen) atoms. The summed E-state index contributed by atoms with van der Waals surface area (Å²) in [6.45, 7) is 3.81. The van der Waals surface area contributed by atoms with Crippen LogP contribution in [0.4, 0.5) is 4.79 Å². The molecule has 1 aromatic heterocycles. The third-order valence-corrected chi connectivity index (χ3v) is 4.19. The van der Waals surface area contributed by atoms with Crippen LogP contribution >= 0.6 is 11.8 Å². The Morgan fingerprint density at radius 1 is 1.09 bits per heavy atom. The van der Waals surface area contributed by atoms with E-state index < -0.39 is 0 Å². The van der Waals surface area contributed by atoms with Gasteiger partial charge < -0.3 is 4.57 Å². The summed E-state index contributed by atoms with van der Waals surface area (Å²) in [7, 11) is 0. The minimum absolute atomic E-state index is 0.238. The predicted octanol–water partition coefficient (Wildman–Crippen LogP) is 3.70. The van der Waals surface area contributed by atoms with E-state index in [4.69, 9.17) is 0 Å². The van der Waals surface area contributed by atoms with E-state index in [1.165, 1.54) is 4.90 Å². The van der Waals surface area contributed by atoms with Crippen LogP contribution in [0, 0.1) is 0 Å². The molecule has 1 aromatic carbocycles. The van der Waals surface area contributed by atoms with Crippen molar-refractivity contribution in [3.05, 3.63) is 71.9 Å². The minimum atomic E-state index is -0.268. The van der Waals surface area contributed by atoms with Crippen LogP contribution in [0.2, 0.25) is 0 Å². The van der Waals surface area contributed by atoms with Gasteiger partial charge in [-0.15, -0.1) is 6.58 Å². The summed E-state index contributed by atoms with van der Waals surface area (Å²) < 4.78 is 1.97. The number of rotatable bonds is 4. The number of hydrogen-bond donors (Lipinski definition) is 0. The third kappa shape index (κ3) is 2.63. The molecule has 0 radical (unpaired) electrons. The van der Waals surface area contributed by atoms with E-state index in [1.807, 2.05) is 53.2 Å². The number of thioether (sulfide) groups is 1. The van der Waals surface area contributed by atoms with Crippen molar-refractivity contribution in [3.63, 3.8) is 0 Å². The fourth-order valence-electron chi connectivity index (χ4n) is 2.26. The van der Waals surface area contributed by atoms with Crippen molar-refractivity contribution >= 4 is 29.0 Å². The molecule has 2 heterocycles. The zero-order chi connectivity index (χ0) is 15.5. The Kier molecular flexibility index (Phi) is 3.98. The van der Waals surface area contributed by atoms with Gasteiger partial charge in [-0.25, -0.2) is 0 Å². The molecule has 0 bridgehead atoms. The second kappa shape index (κ2) is 6.07. The molecular formula is C17H14N2O2S. The molecular weight excluding hydrogens is 296 g/mol. The second-order valence-electron chi connectivity index (χ2n) is 4.72. The van der Waals surface area contributed by atoms with E-state index in [1.54, 1.807) is 12.2 Å². The molecule has 0 atom stereocenters. The first-order valence-electron chi connectivity index (χ1n) is 6.80. The van der Waals surface area contributed by atoms with Gasteiger partial charge in [0, 0.05) is 24.1 Å². The Morgan fingerprint density at radius 3 is 2.59 bits per heavy atom. The maximum atomic E-state index is 12.2. The Morgan fingerprint density at radius 2 is 1.86 bits per heavy atom. The summed E-state index contributed by atoms with van der Waals surface area (Å²) in [6, 6.07) is 13.7. The van der Waals surface area contributed by atoms with Crippen LogP contribution in [0.5, 0.6) is 0 Å². The van der Waals surface area contributed by atoms with Crippen molar-refractivity contribution in [2.75, 3.05) is 6.54 Å². The van der Waals surface area contributed by atoms with Crippen molar-refractivity contribution in [3.8, 4) is 5.69 Å². The summed E-state index contributed by atoms with van der Waals surface area (Å²) in [5.41, 5.74) is 1.86. The smallest absolute Gasteiger partial charge is 0.293 e. The first-order chi connectivity index (χ1) is 10.7. The molecule has 2 aromatic rings. The highest BCUT2D eigenvalue weighted by molar-refractivity contribution is 8.18. The quantitative estimate of drug-likeness (QED) is 0.639. The van der Waals surface area contributed by atoms with Gasteiger partial charge in [0.2, 0.25) is 0 Å². The molecule has 2 amide bonds. The lowest BCUT2D eigenvalue weighted by Gasteiger charge is -2.08. The number of aromatic nitrogens is 1. The highest BCUT2D eigenvalue weighted by Gasteiger charge is 2.34. The normalized spacial score (nSPS) is 16.5. The van der Waals surface area contributed by atoms with E-state index in [2.05, 4.69) is 6.58 Å². The van der Waals surface area contributed by atoms with Gasteiger partial charge in [-0.05, 0) is 42.1 Å². The first kappa shape index (κ1) is 14.4. The zero-order valence-electron chi connectivity index (χ0n) is 11.8. The largest absolute Gasteiger partial charge is 0.317 e. The van der Waals surface area contributed by atoms with Gasteiger partial charge in [0.1, 0.15) is 0 Å². The summed E-state index contributed by atoms with van der Waals surface area (Å²) >= 11 is 0.961. The van der Waals surface area contributed by atoms with Crippen LogP contribution in [0.3, 0.4) is 0 Å². The Balaban J connectivity index is 1.94. The molecule has 5 heteroatoms. The summed E-state index contributed by atoms with van der Waals surface area (Å²) in [5, 5.41) is -0.256. The molecule has 1 aliphatic rings. The second-order valence-corrected chi connectivity index (χ2v) is 5.71. The molecule has 110 valence electrons. The zero-order valence-corrected chi connectivity index (χ0v) is 12.6. The predicted molar refractivity (Wildman–Crippen MR) is 88.6 cm³/mol. The molecule has 0 unspecified atom stereocenters. The van der Waals surface area contributed by atoms with Crippen LogP contribution in [-0.4, -0.2) is 27.2 Å². The standard InChI is InChI=1S/C17H14N2O2S/c1-2-10-19-16(20)15(22-17(19)21)12-14-9-6-11-18(14)13-7-4-3-5-8-13/h2-9,11-12H,1,10H2/b15-12-. The number of carbonyl (C=O) groups excluding carboxylic acids is 2. The van der Waals surface area contributed by atoms with Crippen molar-refractivity contribution in [2.24, 2.45) is 0 Å². The van der Waals surface area contributed by atoms with Gasteiger partial charge in [-0.2, -0.15) is 0 Å². The number of amides is 2. The molecule has 3 rings (SSSR count). The highest BCUT2D eigenvalue weighted by atomic mass is 32.2. The Labute approximate surface area is 132 Å². The van der Waals surface area contributed by atoms with Gasteiger partial charge >= 0.3 is 0 Å². The Hall–Kier alpha value is -2.53. The van der Waals surface area contributed by atoms with E-state index in [0.717, 1.165) is 23.1 Å². The van der Waals surface area contributed by atoms with Crippen LogP contribution in [0.1, 0.15) is 5.69 Å². The van der Waals surface area contributed by atoms with Crippen molar-refractivity contribution in [1.82, 2.24) is 9.47 Å². The monoisotopic (exact) mass is 310 g/mol. The maximum absolute atomic E-state index is 12.2. The van der Waals surface area contributed by atoms with Crippen LogP contribution in [0.15, 0.2) is 66.2 Å². The summed E-state index contributed by atoms with van der Waals surface area (Å²) in [4.78, 5) is 25.7. The molecule has 0 aliphatic carbocycles. The molecule has 4 nitrogen and oxygen atoms in total.